The zero-order chi connectivity index (χ0) is 30.9. The molecule has 252 valence electrons. The zero-order valence-electron chi connectivity index (χ0n) is 28.8. The van der Waals surface area contributed by atoms with E-state index in [1.165, 1.54) is 62.0 Å². The smallest absolute Gasteiger partial charge is 0 e. The second-order valence-corrected chi connectivity index (χ2v) is 21.4. The van der Waals surface area contributed by atoms with Crippen LogP contribution >= 0.6 is 15.8 Å². The third-order valence-electron chi connectivity index (χ3n) is 13.7. The summed E-state index contributed by atoms with van der Waals surface area (Å²) in [6.07, 6.45) is 24.4. The van der Waals surface area contributed by atoms with E-state index in [2.05, 4.69) is 91.9 Å². The molecule has 0 amide bonds. The first-order chi connectivity index (χ1) is 22.7. The van der Waals surface area contributed by atoms with Gasteiger partial charge < -0.3 is 0 Å². The molecule has 4 bridgehead atoms. The third kappa shape index (κ3) is 7.28. The van der Waals surface area contributed by atoms with Crippen molar-refractivity contribution in [3.63, 3.8) is 0 Å². The first-order valence-electron chi connectivity index (χ1n) is 19.5. The van der Waals surface area contributed by atoms with Crippen molar-refractivity contribution in [1.82, 2.24) is 0 Å². The Hall–Kier alpha value is -0.961. The Kier molecular flexibility index (Phi) is 11.7. The zero-order valence-corrected chi connectivity index (χ0v) is 31.7. The number of hydrogen-bond donors (Lipinski definition) is 0. The molecular formula is C44H58FeP2. The molecule has 47 heavy (non-hydrogen) atoms. The largest absolute Gasteiger partial charge is 0.0965 e. The number of benzene rings is 3. The van der Waals surface area contributed by atoms with E-state index in [-0.39, 0.29) is 25.0 Å². The number of rotatable bonds is 8. The van der Waals surface area contributed by atoms with Gasteiger partial charge >= 0.3 is 0 Å². The van der Waals surface area contributed by atoms with E-state index < -0.39 is 7.92 Å². The van der Waals surface area contributed by atoms with Gasteiger partial charge in [0.15, 0.2) is 0 Å². The third-order valence-corrected chi connectivity index (χ3v) is 20.3. The summed E-state index contributed by atoms with van der Waals surface area (Å²) >= 11 is 0. The van der Waals surface area contributed by atoms with Crippen molar-refractivity contribution in [3.8, 4) is 0 Å². The molecular weight excluding hydrogens is 646 g/mol. The molecule has 0 heterocycles. The second kappa shape index (κ2) is 15.9. The Labute approximate surface area is 300 Å². The molecule has 3 heteroatoms. The van der Waals surface area contributed by atoms with Crippen LogP contribution in [0, 0.1) is 29.6 Å². The van der Waals surface area contributed by atoms with Gasteiger partial charge in [0.25, 0.3) is 0 Å². The van der Waals surface area contributed by atoms with Crippen LogP contribution in [-0.4, -0.2) is 17.0 Å². The van der Waals surface area contributed by atoms with Crippen LogP contribution in [0.3, 0.4) is 0 Å². The fourth-order valence-corrected chi connectivity index (χ4v) is 19.3. The molecule has 0 N–H and O–H groups in total. The minimum absolute atomic E-state index is 0. The van der Waals surface area contributed by atoms with Crippen LogP contribution in [0.5, 0.6) is 0 Å². The van der Waals surface area contributed by atoms with Crippen molar-refractivity contribution in [2.75, 3.05) is 0 Å². The van der Waals surface area contributed by atoms with Crippen LogP contribution < -0.4 is 15.9 Å². The normalized spacial score (nSPS) is 33.4. The van der Waals surface area contributed by atoms with Crippen LogP contribution in [0.1, 0.15) is 121 Å². The summed E-state index contributed by atoms with van der Waals surface area (Å²) in [5.74, 6) is 5.96. The topological polar surface area (TPSA) is 0 Å². The Morgan fingerprint density at radius 2 is 1.04 bits per heavy atom. The first kappa shape index (κ1) is 34.5. The quantitative estimate of drug-likeness (QED) is 0.162. The van der Waals surface area contributed by atoms with Crippen molar-refractivity contribution >= 4 is 31.8 Å². The van der Waals surface area contributed by atoms with E-state index in [1.54, 1.807) is 62.2 Å². The van der Waals surface area contributed by atoms with Crippen LogP contribution in [0.15, 0.2) is 84.9 Å². The van der Waals surface area contributed by atoms with E-state index in [1.807, 2.05) is 0 Å². The molecule has 6 fully saturated rings. The summed E-state index contributed by atoms with van der Waals surface area (Å²) in [7, 11) is -0.446. The molecule has 9 rings (SSSR count). The van der Waals surface area contributed by atoms with Gasteiger partial charge in [-0.15, -0.1) is 0 Å². The van der Waals surface area contributed by atoms with Gasteiger partial charge in [-0.2, -0.15) is 0 Å². The molecule has 8 unspecified atom stereocenters. The maximum absolute atomic E-state index is 2.80. The predicted molar refractivity (Wildman–Crippen MR) is 203 cm³/mol. The van der Waals surface area contributed by atoms with Gasteiger partial charge in [0, 0.05) is 17.1 Å². The molecule has 9 atom stereocenters. The fourth-order valence-electron chi connectivity index (χ4n) is 11.6. The van der Waals surface area contributed by atoms with Crippen LogP contribution in [-0.2, 0) is 17.1 Å². The summed E-state index contributed by atoms with van der Waals surface area (Å²) in [6.45, 7) is 2.80. The number of fused-ring (bicyclic) bond motifs is 4. The van der Waals surface area contributed by atoms with Gasteiger partial charge in [-0.1, -0.05) is 151 Å². The molecule has 6 aliphatic rings. The summed E-state index contributed by atoms with van der Waals surface area (Å²) < 4.78 is 0. The minimum Gasteiger partial charge on any atom is -0.0965 e. The number of hydrogen-bond acceptors (Lipinski definition) is 0. The van der Waals surface area contributed by atoms with Crippen molar-refractivity contribution in [2.24, 2.45) is 29.6 Å². The molecule has 3 aromatic rings. The molecule has 0 radical (unpaired) electrons. The Morgan fingerprint density at radius 3 is 1.53 bits per heavy atom. The summed E-state index contributed by atoms with van der Waals surface area (Å²) in [6, 6.07) is 32.6. The molecule has 3 aromatic carbocycles. The van der Waals surface area contributed by atoms with Crippen molar-refractivity contribution in [1.29, 1.82) is 0 Å². The van der Waals surface area contributed by atoms with E-state index in [0.29, 0.717) is 0 Å². The maximum atomic E-state index is 2.80. The van der Waals surface area contributed by atoms with Crippen LogP contribution in [0.2, 0.25) is 0 Å². The molecule has 0 nitrogen and oxygen atoms in total. The molecule has 6 aliphatic carbocycles. The van der Waals surface area contributed by atoms with Gasteiger partial charge in [0.1, 0.15) is 0 Å². The Bertz CT molecular complexity index is 1330. The Morgan fingerprint density at radius 1 is 0.532 bits per heavy atom. The van der Waals surface area contributed by atoms with Crippen molar-refractivity contribution < 1.29 is 17.1 Å². The van der Waals surface area contributed by atoms with Crippen LogP contribution in [0.25, 0.3) is 0 Å². The minimum atomic E-state index is -0.557. The standard InChI is InChI=1S/C39H48P2.C5H10.Fe/c1-27(40(38-25-28-19-21-30(38)23-28)39-26-29-20-22-31(39)24-29)34-16-10-17-35(34)36-15-8-9-18-37(36)41(32-11-4-2-5-12-32)33-13-6-3-7-14-33;1-2-4-5-3-1;/h2-9,11-15,18,27-31,34-35,38-39H,10,16-17,19-26H2,1H3;1-5H2;/t27-,28?,29?,30?,31?,34?,35?,38?,39?,40?;;/m0../s1. The summed E-state index contributed by atoms with van der Waals surface area (Å²) in [5, 5.41) is 4.62. The van der Waals surface area contributed by atoms with E-state index in [4.69, 9.17) is 0 Å². The second-order valence-electron chi connectivity index (χ2n) is 16.2. The van der Waals surface area contributed by atoms with Crippen LogP contribution in [0.4, 0.5) is 0 Å². The van der Waals surface area contributed by atoms with Crippen molar-refractivity contribution in [3.05, 3.63) is 90.5 Å². The van der Waals surface area contributed by atoms with Gasteiger partial charge in [-0.25, -0.2) is 0 Å². The Balaban J connectivity index is 0.000000538. The fraction of sp³-hybridized carbons (Fsp3) is 0.591. The maximum Gasteiger partial charge on any atom is 0 e. The predicted octanol–water partition coefficient (Wildman–Crippen LogP) is 11.5. The molecule has 0 spiro atoms. The first-order valence-corrected chi connectivity index (χ1v) is 22.4. The molecule has 6 saturated carbocycles. The van der Waals surface area contributed by atoms with Crippen molar-refractivity contribution in [2.45, 2.75) is 133 Å². The molecule has 0 aromatic heterocycles. The average molecular weight is 705 g/mol. The van der Waals surface area contributed by atoms with Gasteiger partial charge in [0.2, 0.25) is 0 Å². The van der Waals surface area contributed by atoms with Gasteiger partial charge in [0.05, 0.1) is 0 Å². The monoisotopic (exact) mass is 704 g/mol. The van der Waals surface area contributed by atoms with E-state index in [0.717, 1.165) is 52.5 Å². The average Bonchev–Trinajstić information content (AvgIpc) is 3.97. The van der Waals surface area contributed by atoms with Gasteiger partial charge in [-0.05, 0) is 133 Å². The molecule has 0 aliphatic heterocycles. The van der Waals surface area contributed by atoms with E-state index >= 15 is 0 Å². The SMILES string of the molecule is C1CCCC1.C[C@@H](C1CCCC1c1ccccc1P(c1ccccc1)c1ccccc1)P(C1CC2CCC1C2)C1CC2CCC1C2.[Fe]. The van der Waals surface area contributed by atoms with E-state index in [9.17, 15) is 0 Å². The molecule has 0 saturated heterocycles. The summed E-state index contributed by atoms with van der Waals surface area (Å²) in [5.41, 5.74) is 4.84. The summed E-state index contributed by atoms with van der Waals surface area (Å²) in [4.78, 5) is 0. The van der Waals surface area contributed by atoms with Gasteiger partial charge in [-0.3, -0.25) is 0 Å².